The molecule has 1 heterocycles. The van der Waals surface area contributed by atoms with E-state index in [0.29, 0.717) is 12.1 Å². The molecule has 1 N–H and O–H groups in total. The Morgan fingerprint density at radius 1 is 1.46 bits per heavy atom. The van der Waals surface area contributed by atoms with Crippen molar-refractivity contribution in [3.05, 3.63) is 29.8 Å². The highest BCUT2D eigenvalue weighted by atomic mass is 16.5. The first-order valence-corrected chi connectivity index (χ1v) is 4.73. The van der Waals surface area contributed by atoms with E-state index in [9.17, 15) is 0 Å². The van der Waals surface area contributed by atoms with Crippen LogP contribution >= 0.6 is 0 Å². The summed E-state index contributed by atoms with van der Waals surface area (Å²) in [6.45, 7) is 2.15. The van der Waals surface area contributed by atoms with Crippen LogP contribution in [0.3, 0.4) is 0 Å². The topological polar surface area (TPSA) is 21.3 Å². The van der Waals surface area contributed by atoms with Gasteiger partial charge in [0, 0.05) is 12.5 Å². The van der Waals surface area contributed by atoms with E-state index in [0.717, 1.165) is 12.2 Å². The molecule has 0 radical (unpaired) electrons. The van der Waals surface area contributed by atoms with E-state index in [1.165, 1.54) is 5.56 Å². The van der Waals surface area contributed by atoms with Gasteiger partial charge in [-0.1, -0.05) is 18.2 Å². The summed E-state index contributed by atoms with van der Waals surface area (Å²) in [5.41, 5.74) is 1.33. The second-order valence-corrected chi connectivity index (χ2v) is 3.55. The number of fused-ring (bicyclic) bond motifs is 1. The molecule has 0 spiro atoms. The summed E-state index contributed by atoms with van der Waals surface area (Å²) in [6, 6.07) is 8.67. The van der Waals surface area contributed by atoms with Gasteiger partial charge in [-0.2, -0.15) is 0 Å². The Hall–Kier alpha value is -1.02. The summed E-state index contributed by atoms with van der Waals surface area (Å²) in [5.74, 6) is 1.05. The Morgan fingerprint density at radius 3 is 2.92 bits per heavy atom. The Morgan fingerprint density at radius 2 is 2.23 bits per heavy atom. The van der Waals surface area contributed by atoms with Gasteiger partial charge in [0.1, 0.15) is 11.9 Å². The molecule has 0 amide bonds. The lowest BCUT2D eigenvalue weighted by Gasteiger charge is -2.17. The molecule has 1 aliphatic heterocycles. The van der Waals surface area contributed by atoms with Gasteiger partial charge < -0.3 is 10.1 Å². The Labute approximate surface area is 78.9 Å². The number of likely N-dealkylation sites (N-methyl/N-ethyl adjacent to an activating group) is 1. The standard InChI is InChI=1S/C11H15NO/c1-8(12-2)11-7-9-5-3-4-6-10(9)13-11/h3-6,8,11-12H,7H2,1-2H3/t8-,11+/m1/s1. The van der Waals surface area contributed by atoms with Crippen LogP contribution in [-0.2, 0) is 6.42 Å². The summed E-state index contributed by atoms with van der Waals surface area (Å²) >= 11 is 0. The SMILES string of the molecule is CN[C@H](C)[C@@H]1Cc2ccccc2O1. The Bertz CT molecular complexity index is 273. The van der Waals surface area contributed by atoms with Gasteiger partial charge >= 0.3 is 0 Å². The molecule has 0 aliphatic carbocycles. The zero-order valence-electron chi connectivity index (χ0n) is 8.08. The summed E-state index contributed by atoms with van der Waals surface area (Å²) in [4.78, 5) is 0. The van der Waals surface area contributed by atoms with Crippen molar-refractivity contribution in [3.63, 3.8) is 0 Å². The number of hydrogen-bond donors (Lipinski definition) is 1. The highest BCUT2D eigenvalue weighted by Crippen LogP contribution is 2.29. The van der Waals surface area contributed by atoms with E-state index in [1.54, 1.807) is 0 Å². The molecule has 0 fully saturated rings. The Kier molecular flexibility index (Phi) is 2.23. The van der Waals surface area contributed by atoms with Crippen molar-refractivity contribution in [2.24, 2.45) is 0 Å². The van der Waals surface area contributed by atoms with Crippen LogP contribution in [-0.4, -0.2) is 19.2 Å². The number of ether oxygens (including phenoxy) is 1. The van der Waals surface area contributed by atoms with E-state index in [1.807, 2.05) is 19.2 Å². The van der Waals surface area contributed by atoms with Crippen LogP contribution in [0.1, 0.15) is 12.5 Å². The quantitative estimate of drug-likeness (QED) is 0.740. The highest BCUT2D eigenvalue weighted by molar-refractivity contribution is 5.37. The smallest absolute Gasteiger partial charge is 0.123 e. The van der Waals surface area contributed by atoms with Gasteiger partial charge in [0.2, 0.25) is 0 Å². The van der Waals surface area contributed by atoms with Crippen LogP contribution in [0.2, 0.25) is 0 Å². The largest absolute Gasteiger partial charge is 0.488 e. The van der Waals surface area contributed by atoms with Gasteiger partial charge in [-0.3, -0.25) is 0 Å². The van der Waals surface area contributed by atoms with Gasteiger partial charge in [-0.25, -0.2) is 0 Å². The molecule has 0 aromatic heterocycles. The third-order valence-electron chi connectivity index (χ3n) is 2.69. The lowest BCUT2D eigenvalue weighted by molar-refractivity contribution is 0.191. The van der Waals surface area contributed by atoms with Gasteiger partial charge in [0.15, 0.2) is 0 Å². The summed E-state index contributed by atoms with van der Waals surface area (Å²) < 4.78 is 5.80. The van der Waals surface area contributed by atoms with Crippen molar-refractivity contribution in [2.45, 2.75) is 25.5 Å². The molecule has 0 bridgehead atoms. The van der Waals surface area contributed by atoms with Gasteiger partial charge in [0.25, 0.3) is 0 Å². The lowest BCUT2D eigenvalue weighted by Crippen LogP contribution is -2.37. The van der Waals surface area contributed by atoms with E-state index in [4.69, 9.17) is 4.74 Å². The lowest BCUT2D eigenvalue weighted by atomic mass is 10.1. The summed E-state index contributed by atoms with van der Waals surface area (Å²) in [6.07, 6.45) is 1.32. The maximum absolute atomic E-state index is 5.80. The minimum absolute atomic E-state index is 0.294. The fraction of sp³-hybridized carbons (Fsp3) is 0.455. The number of rotatable bonds is 2. The first kappa shape index (κ1) is 8.57. The molecule has 70 valence electrons. The second-order valence-electron chi connectivity index (χ2n) is 3.55. The normalized spacial score (nSPS) is 22.2. The van der Waals surface area contributed by atoms with Crippen LogP contribution < -0.4 is 10.1 Å². The average Bonchev–Trinajstić information content (AvgIpc) is 2.59. The maximum Gasteiger partial charge on any atom is 0.123 e. The van der Waals surface area contributed by atoms with Crippen molar-refractivity contribution in [1.82, 2.24) is 5.32 Å². The second kappa shape index (κ2) is 3.38. The molecule has 13 heavy (non-hydrogen) atoms. The number of benzene rings is 1. The fourth-order valence-electron chi connectivity index (χ4n) is 1.67. The van der Waals surface area contributed by atoms with Crippen LogP contribution in [0.15, 0.2) is 24.3 Å². The zero-order valence-corrected chi connectivity index (χ0v) is 8.08. The molecule has 2 atom stereocenters. The summed E-state index contributed by atoms with van der Waals surface area (Å²) in [7, 11) is 1.97. The van der Waals surface area contributed by atoms with Crippen molar-refractivity contribution < 1.29 is 4.74 Å². The van der Waals surface area contributed by atoms with Crippen molar-refractivity contribution in [1.29, 1.82) is 0 Å². The first-order chi connectivity index (χ1) is 6.31. The molecule has 1 aromatic rings. The third kappa shape index (κ3) is 1.54. The van der Waals surface area contributed by atoms with E-state index >= 15 is 0 Å². The van der Waals surface area contributed by atoms with Crippen molar-refractivity contribution in [2.75, 3.05) is 7.05 Å². The number of nitrogens with one attached hydrogen (secondary N) is 1. The third-order valence-corrected chi connectivity index (χ3v) is 2.69. The molecule has 0 saturated heterocycles. The number of hydrogen-bond acceptors (Lipinski definition) is 2. The number of para-hydroxylation sites is 1. The minimum Gasteiger partial charge on any atom is -0.488 e. The molecular weight excluding hydrogens is 162 g/mol. The molecule has 2 nitrogen and oxygen atoms in total. The molecule has 2 rings (SSSR count). The fourth-order valence-corrected chi connectivity index (χ4v) is 1.67. The average molecular weight is 177 g/mol. The first-order valence-electron chi connectivity index (χ1n) is 4.73. The van der Waals surface area contributed by atoms with Crippen LogP contribution in [0.25, 0.3) is 0 Å². The van der Waals surface area contributed by atoms with E-state index < -0.39 is 0 Å². The minimum atomic E-state index is 0.294. The van der Waals surface area contributed by atoms with Crippen LogP contribution in [0.4, 0.5) is 0 Å². The summed E-state index contributed by atoms with van der Waals surface area (Å²) in [5, 5.41) is 3.22. The van der Waals surface area contributed by atoms with Gasteiger partial charge in [-0.05, 0) is 25.6 Å². The molecule has 1 aliphatic rings. The van der Waals surface area contributed by atoms with Crippen LogP contribution in [0.5, 0.6) is 5.75 Å². The van der Waals surface area contributed by atoms with Crippen molar-refractivity contribution in [3.8, 4) is 5.75 Å². The molecule has 0 saturated carbocycles. The van der Waals surface area contributed by atoms with E-state index in [-0.39, 0.29) is 0 Å². The predicted molar refractivity (Wildman–Crippen MR) is 53.1 cm³/mol. The van der Waals surface area contributed by atoms with Crippen molar-refractivity contribution >= 4 is 0 Å². The predicted octanol–water partition coefficient (Wildman–Crippen LogP) is 1.60. The van der Waals surface area contributed by atoms with Gasteiger partial charge in [0.05, 0.1) is 0 Å². The Balaban J connectivity index is 2.14. The van der Waals surface area contributed by atoms with Gasteiger partial charge in [-0.15, -0.1) is 0 Å². The zero-order chi connectivity index (χ0) is 9.26. The monoisotopic (exact) mass is 177 g/mol. The highest BCUT2D eigenvalue weighted by Gasteiger charge is 2.26. The molecule has 1 aromatic carbocycles. The molecule has 0 unspecified atom stereocenters. The van der Waals surface area contributed by atoms with Crippen LogP contribution in [0, 0.1) is 0 Å². The molecule has 2 heteroatoms. The van der Waals surface area contributed by atoms with E-state index in [2.05, 4.69) is 24.4 Å². The maximum atomic E-state index is 5.80. The molecular formula is C11H15NO.